The normalized spacial score (nSPS) is 12.3. The lowest BCUT2D eigenvalue weighted by atomic mass is 10.0. The van der Waals surface area contributed by atoms with Crippen LogP contribution in [0.15, 0.2) is 48.5 Å². The van der Waals surface area contributed by atoms with Gasteiger partial charge in [0.15, 0.2) is 0 Å². The van der Waals surface area contributed by atoms with Crippen LogP contribution >= 0.6 is 0 Å². The van der Waals surface area contributed by atoms with Crippen molar-refractivity contribution >= 4 is 11.7 Å². The van der Waals surface area contributed by atoms with E-state index < -0.39 is 17.8 Å². The number of nitrogens with two attached hydrogens (primary N) is 1. The highest BCUT2D eigenvalue weighted by Crippen LogP contribution is 2.23. The Morgan fingerprint density at radius 1 is 1.27 bits per heavy atom. The fourth-order valence-electron chi connectivity index (χ4n) is 2.38. The maximum Gasteiger partial charge on any atom is 0.325 e. The third-order valence-electron chi connectivity index (χ3n) is 3.61. The van der Waals surface area contributed by atoms with Gasteiger partial charge in [-0.25, -0.2) is 4.39 Å². The summed E-state index contributed by atoms with van der Waals surface area (Å²) in [6, 6.07) is 13.0. The van der Waals surface area contributed by atoms with Crippen LogP contribution in [0.3, 0.4) is 0 Å². The first-order valence-electron chi connectivity index (χ1n) is 7.01. The van der Waals surface area contributed by atoms with Gasteiger partial charge >= 0.3 is 5.97 Å². The monoisotopic (exact) mass is 302 g/mol. The molecule has 4 nitrogen and oxygen atoms in total. The third kappa shape index (κ3) is 3.83. The summed E-state index contributed by atoms with van der Waals surface area (Å²) in [4.78, 5) is 13.2. The van der Waals surface area contributed by atoms with E-state index in [0.717, 1.165) is 12.0 Å². The van der Waals surface area contributed by atoms with E-state index in [9.17, 15) is 14.3 Å². The molecule has 0 saturated heterocycles. The first-order chi connectivity index (χ1) is 10.5. The zero-order valence-corrected chi connectivity index (χ0v) is 12.4. The van der Waals surface area contributed by atoms with Gasteiger partial charge < -0.3 is 10.8 Å². The first-order valence-corrected chi connectivity index (χ1v) is 7.01. The highest BCUT2D eigenvalue weighted by Gasteiger charge is 2.25. The summed E-state index contributed by atoms with van der Waals surface area (Å²) in [6.45, 7) is 0.549. The standard InChI is InChI=1S/C17H19FN2O2/c1-20(10-9-12-5-3-2-4-6-12)16(17(21)22)13-7-8-15(19)14(18)11-13/h2-8,11,16H,9-10,19H2,1H3,(H,21,22)/t16-/m1/s1. The van der Waals surface area contributed by atoms with Gasteiger partial charge in [-0.3, -0.25) is 9.69 Å². The van der Waals surface area contributed by atoms with Crippen LogP contribution in [0.5, 0.6) is 0 Å². The van der Waals surface area contributed by atoms with E-state index in [0.29, 0.717) is 12.1 Å². The number of hydrogen-bond donors (Lipinski definition) is 2. The minimum Gasteiger partial charge on any atom is -0.480 e. The van der Waals surface area contributed by atoms with Crippen molar-refractivity contribution < 1.29 is 14.3 Å². The molecule has 116 valence electrons. The Bertz CT molecular complexity index is 646. The zero-order chi connectivity index (χ0) is 16.1. The van der Waals surface area contributed by atoms with E-state index >= 15 is 0 Å². The second kappa shape index (κ2) is 7.04. The summed E-state index contributed by atoms with van der Waals surface area (Å²) >= 11 is 0. The molecule has 0 radical (unpaired) electrons. The number of carboxylic acids is 1. The van der Waals surface area contributed by atoms with E-state index in [1.807, 2.05) is 30.3 Å². The molecule has 5 heteroatoms. The van der Waals surface area contributed by atoms with Gasteiger partial charge in [-0.05, 0) is 36.7 Å². The molecule has 0 saturated carbocycles. The average molecular weight is 302 g/mol. The molecule has 0 amide bonds. The molecule has 2 rings (SSSR count). The molecule has 3 N–H and O–H groups in total. The fourth-order valence-corrected chi connectivity index (χ4v) is 2.38. The van der Waals surface area contributed by atoms with Crippen LogP contribution in [0.4, 0.5) is 10.1 Å². The van der Waals surface area contributed by atoms with Crippen LogP contribution < -0.4 is 5.73 Å². The predicted molar refractivity (Wildman–Crippen MR) is 84.0 cm³/mol. The Morgan fingerprint density at radius 2 is 1.95 bits per heavy atom. The average Bonchev–Trinajstić information content (AvgIpc) is 2.50. The highest BCUT2D eigenvalue weighted by atomic mass is 19.1. The number of likely N-dealkylation sites (N-methyl/N-ethyl adjacent to an activating group) is 1. The zero-order valence-electron chi connectivity index (χ0n) is 12.4. The molecule has 0 fully saturated rings. The van der Waals surface area contributed by atoms with Crippen molar-refractivity contribution in [3.8, 4) is 0 Å². The number of benzene rings is 2. The Morgan fingerprint density at radius 3 is 2.55 bits per heavy atom. The fraction of sp³-hybridized carbons (Fsp3) is 0.235. The van der Waals surface area contributed by atoms with Gasteiger partial charge in [0, 0.05) is 6.54 Å². The number of hydrogen-bond acceptors (Lipinski definition) is 3. The molecular weight excluding hydrogens is 283 g/mol. The number of halogens is 1. The number of anilines is 1. The van der Waals surface area contributed by atoms with Crippen molar-refractivity contribution in [3.63, 3.8) is 0 Å². The number of carbonyl (C=O) groups is 1. The lowest BCUT2D eigenvalue weighted by Crippen LogP contribution is -2.32. The summed E-state index contributed by atoms with van der Waals surface area (Å²) in [7, 11) is 1.72. The predicted octanol–water partition coefficient (Wildman–Crippen LogP) is 2.71. The van der Waals surface area contributed by atoms with E-state index in [1.54, 1.807) is 18.0 Å². The molecular formula is C17H19FN2O2. The maximum absolute atomic E-state index is 13.6. The molecule has 2 aromatic rings. The topological polar surface area (TPSA) is 66.6 Å². The van der Waals surface area contributed by atoms with Crippen LogP contribution in [-0.2, 0) is 11.2 Å². The van der Waals surface area contributed by atoms with Crippen molar-refractivity contribution in [1.29, 1.82) is 0 Å². The summed E-state index contributed by atoms with van der Waals surface area (Å²) in [5.74, 6) is -1.61. The smallest absolute Gasteiger partial charge is 0.325 e. The van der Waals surface area contributed by atoms with E-state index in [4.69, 9.17) is 5.73 Å². The first kappa shape index (κ1) is 16.0. The number of nitrogens with zero attached hydrogens (tertiary/aromatic N) is 1. The highest BCUT2D eigenvalue weighted by molar-refractivity contribution is 5.75. The largest absolute Gasteiger partial charge is 0.480 e. The molecule has 0 aromatic heterocycles. The molecule has 1 atom stereocenters. The van der Waals surface area contributed by atoms with Crippen molar-refractivity contribution in [2.45, 2.75) is 12.5 Å². The molecule has 0 unspecified atom stereocenters. The second-order valence-electron chi connectivity index (χ2n) is 5.24. The van der Waals surface area contributed by atoms with Gasteiger partial charge in [-0.1, -0.05) is 36.4 Å². The van der Waals surface area contributed by atoms with E-state index in [2.05, 4.69) is 0 Å². The van der Waals surface area contributed by atoms with Gasteiger partial charge in [0.2, 0.25) is 0 Å². The maximum atomic E-state index is 13.6. The van der Waals surface area contributed by atoms with Gasteiger partial charge in [-0.15, -0.1) is 0 Å². The van der Waals surface area contributed by atoms with Crippen LogP contribution in [0.1, 0.15) is 17.2 Å². The number of carboxylic acid groups (broad SMARTS) is 1. The minimum atomic E-state index is -1.01. The van der Waals surface area contributed by atoms with Crippen molar-refractivity contribution in [2.75, 3.05) is 19.3 Å². The minimum absolute atomic E-state index is 0.0137. The summed E-state index contributed by atoms with van der Waals surface area (Å²) in [6.07, 6.45) is 0.721. The molecule has 0 heterocycles. The third-order valence-corrected chi connectivity index (χ3v) is 3.61. The van der Waals surface area contributed by atoms with Crippen LogP contribution in [0, 0.1) is 5.82 Å². The van der Waals surface area contributed by atoms with Gasteiger partial charge in [0.05, 0.1) is 5.69 Å². The summed E-state index contributed by atoms with van der Waals surface area (Å²) in [5, 5.41) is 9.46. The van der Waals surface area contributed by atoms with E-state index in [1.165, 1.54) is 12.1 Å². The Balaban J connectivity index is 2.13. The van der Waals surface area contributed by atoms with Crippen LogP contribution in [0.25, 0.3) is 0 Å². The molecule has 0 aliphatic rings. The Labute approximate surface area is 129 Å². The van der Waals surface area contributed by atoms with Gasteiger partial charge in [-0.2, -0.15) is 0 Å². The molecule has 22 heavy (non-hydrogen) atoms. The molecule has 0 aliphatic carbocycles. The molecule has 0 bridgehead atoms. The molecule has 2 aromatic carbocycles. The van der Waals surface area contributed by atoms with E-state index in [-0.39, 0.29) is 5.69 Å². The summed E-state index contributed by atoms with van der Waals surface area (Å²) < 4.78 is 13.6. The second-order valence-corrected chi connectivity index (χ2v) is 5.24. The number of nitrogen functional groups attached to an aromatic ring is 1. The van der Waals surface area contributed by atoms with Crippen LogP contribution in [0.2, 0.25) is 0 Å². The van der Waals surface area contributed by atoms with Gasteiger partial charge in [0.1, 0.15) is 11.9 Å². The van der Waals surface area contributed by atoms with Crippen molar-refractivity contribution in [2.24, 2.45) is 0 Å². The van der Waals surface area contributed by atoms with Gasteiger partial charge in [0.25, 0.3) is 0 Å². The SMILES string of the molecule is CN(CCc1ccccc1)[C@@H](C(=O)O)c1ccc(N)c(F)c1. The van der Waals surface area contributed by atoms with Crippen molar-refractivity contribution in [3.05, 3.63) is 65.5 Å². The summed E-state index contributed by atoms with van der Waals surface area (Å²) in [5.41, 5.74) is 6.96. The lowest BCUT2D eigenvalue weighted by molar-refractivity contribution is -0.143. The van der Waals surface area contributed by atoms with Crippen LogP contribution in [-0.4, -0.2) is 29.6 Å². The van der Waals surface area contributed by atoms with Crippen molar-refractivity contribution in [1.82, 2.24) is 4.90 Å². The number of rotatable bonds is 6. The number of aliphatic carboxylic acids is 1. The lowest BCUT2D eigenvalue weighted by Gasteiger charge is -2.25. The Kier molecular flexibility index (Phi) is 5.12. The molecule has 0 spiro atoms. The quantitative estimate of drug-likeness (QED) is 0.805. The Hall–Kier alpha value is -2.40. The molecule has 0 aliphatic heterocycles.